The van der Waals surface area contributed by atoms with Crippen LogP contribution in [0.3, 0.4) is 0 Å². The molecule has 1 aliphatic heterocycles. The molecule has 1 saturated heterocycles. The van der Waals surface area contributed by atoms with Gasteiger partial charge in [0.1, 0.15) is 18.1 Å². The van der Waals surface area contributed by atoms with Gasteiger partial charge < -0.3 is 19.9 Å². The first-order valence-corrected chi connectivity index (χ1v) is 12.4. The molecule has 8 heteroatoms. The Balaban J connectivity index is 2.25. The molecule has 0 spiro atoms. The van der Waals surface area contributed by atoms with Crippen molar-refractivity contribution in [1.82, 2.24) is 5.32 Å². The van der Waals surface area contributed by atoms with E-state index in [4.69, 9.17) is 9.47 Å². The molecule has 1 fully saturated rings. The van der Waals surface area contributed by atoms with Crippen molar-refractivity contribution in [3.8, 4) is 0 Å². The van der Waals surface area contributed by atoms with E-state index in [9.17, 15) is 14.7 Å². The molecule has 3 atom stereocenters. The van der Waals surface area contributed by atoms with Crippen molar-refractivity contribution in [2.75, 3.05) is 11.5 Å². The van der Waals surface area contributed by atoms with Crippen molar-refractivity contribution < 1.29 is 24.2 Å². The molecule has 0 aromatic heterocycles. The zero-order chi connectivity index (χ0) is 23.0. The van der Waals surface area contributed by atoms with Gasteiger partial charge in [-0.05, 0) is 63.7 Å². The van der Waals surface area contributed by atoms with E-state index in [2.05, 4.69) is 5.32 Å². The minimum atomic E-state index is -1.02. The van der Waals surface area contributed by atoms with Crippen molar-refractivity contribution in [3.05, 3.63) is 45.7 Å². The van der Waals surface area contributed by atoms with E-state index in [1.54, 1.807) is 44.3 Å². The summed E-state index contributed by atoms with van der Waals surface area (Å²) in [4.78, 5) is 25.6. The van der Waals surface area contributed by atoms with Crippen LogP contribution < -0.4 is 5.32 Å². The van der Waals surface area contributed by atoms with Crippen molar-refractivity contribution in [2.24, 2.45) is 5.92 Å². The van der Waals surface area contributed by atoms with Gasteiger partial charge in [0.2, 0.25) is 0 Å². The maximum Gasteiger partial charge on any atom is 0.407 e. The Labute approximate surface area is 193 Å². The lowest BCUT2D eigenvalue weighted by molar-refractivity contribution is -0.164. The lowest BCUT2D eigenvalue weighted by Gasteiger charge is -2.33. The summed E-state index contributed by atoms with van der Waals surface area (Å²) in [7, 11) is 0. The standard InChI is InChI=1S/C23H33NO5S2/c1-15(21-30-12-9-13-31-21)19(18(16(2)25)20(26)29-23(3,4)5)24-22(27)28-14-17-10-7-6-8-11-17/h6-8,10-11,16,18-19,25H,9,12-14H2,1-5H3,(H,24,27)/t16-,18+,19?/m1/s1. The fraction of sp³-hybridized carbons (Fsp3) is 0.565. The molecule has 1 amide bonds. The summed E-state index contributed by atoms with van der Waals surface area (Å²) in [5.41, 5.74) is 0.989. The highest BCUT2D eigenvalue weighted by molar-refractivity contribution is 8.22. The Morgan fingerprint density at radius 3 is 2.32 bits per heavy atom. The number of aliphatic hydroxyl groups excluding tert-OH is 1. The Morgan fingerprint density at radius 2 is 1.77 bits per heavy atom. The number of hydrogen-bond acceptors (Lipinski definition) is 7. The van der Waals surface area contributed by atoms with E-state index in [0.29, 0.717) is 0 Å². The molecule has 2 N–H and O–H groups in total. The number of alkyl carbamates (subject to hydrolysis) is 1. The van der Waals surface area contributed by atoms with Gasteiger partial charge >= 0.3 is 12.1 Å². The van der Waals surface area contributed by atoms with E-state index >= 15 is 0 Å². The van der Waals surface area contributed by atoms with Gasteiger partial charge in [0, 0.05) is 4.24 Å². The highest BCUT2D eigenvalue weighted by Gasteiger charge is 2.39. The van der Waals surface area contributed by atoms with Gasteiger partial charge in [-0.25, -0.2) is 4.79 Å². The topological polar surface area (TPSA) is 84.9 Å². The van der Waals surface area contributed by atoms with Crippen molar-refractivity contribution in [2.45, 2.75) is 65.4 Å². The van der Waals surface area contributed by atoms with Gasteiger partial charge in [-0.3, -0.25) is 4.79 Å². The lowest BCUT2D eigenvalue weighted by atomic mass is 9.90. The first-order chi connectivity index (χ1) is 14.6. The minimum absolute atomic E-state index is 0.115. The summed E-state index contributed by atoms with van der Waals surface area (Å²) < 4.78 is 12.0. The molecule has 31 heavy (non-hydrogen) atoms. The zero-order valence-electron chi connectivity index (χ0n) is 18.8. The van der Waals surface area contributed by atoms with Gasteiger partial charge in [-0.1, -0.05) is 30.3 Å². The van der Waals surface area contributed by atoms with Crippen molar-refractivity contribution >= 4 is 35.6 Å². The number of esters is 1. The van der Waals surface area contributed by atoms with Crippen LogP contribution in [0.15, 0.2) is 40.1 Å². The molecule has 6 nitrogen and oxygen atoms in total. The van der Waals surface area contributed by atoms with Crippen LogP contribution in [0, 0.1) is 5.92 Å². The second-order valence-electron chi connectivity index (χ2n) is 8.50. The molecule has 1 aromatic rings. The van der Waals surface area contributed by atoms with Gasteiger partial charge in [-0.15, -0.1) is 23.5 Å². The normalized spacial score (nSPS) is 17.3. The van der Waals surface area contributed by atoms with E-state index < -0.39 is 35.7 Å². The molecule has 2 rings (SSSR count). The molecular formula is C23H33NO5S2. The second-order valence-corrected chi connectivity index (χ2v) is 11.0. The highest BCUT2D eigenvalue weighted by Crippen LogP contribution is 2.39. The summed E-state index contributed by atoms with van der Waals surface area (Å²) >= 11 is 3.42. The van der Waals surface area contributed by atoms with E-state index in [-0.39, 0.29) is 6.61 Å². The first-order valence-electron chi connectivity index (χ1n) is 10.4. The van der Waals surface area contributed by atoms with Crippen LogP contribution in [-0.2, 0) is 20.9 Å². The predicted octanol–water partition coefficient (Wildman–Crippen LogP) is 4.72. The number of aliphatic hydroxyl groups is 1. The van der Waals surface area contributed by atoms with Gasteiger partial charge in [0.25, 0.3) is 0 Å². The number of amides is 1. The maximum atomic E-state index is 13.0. The summed E-state index contributed by atoms with van der Waals surface area (Å²) in [5.74, 6) is 0.452. The summed E-state index contributed by atoms with van der Waals surface area (Å²) in [6, 6.07) is 8.63. The fourth-order valence-corrected chi connectivity index (χ4v) is 5.80. The van der Waals surface area contributed by atoms with E-state index in [0.717, 1.165) is 33.3 Å². The highest BCUT2D eigenvalue weighted by atomic mass is 32.2. The molecule has 1 unspecified atom stereocenters. The molecular weight excluding hydrogens is 434 g/mol. The first kappa shape index (κ1) is 25.6. The Kier molecular flexibility index (Phi) is 9.78. The number of benzene rings is 1. The van der Waals surface area contributed by atoms with Crippen LogP contribution in [0.25, 0.3) is 0 Å². The molecule has 0 aliphatic carbocycles. The van der Waals surface area contributed by atoms with Crippen LogP contribution in [0.2, 0.25) is 0 Å². The quantitative estimate of drug-likeness (QED) is 0.561. The smallest absolute Gasteiger partial charge is 0.407 e. The lowest BCUT2D eigenvalue weighted by Crippen LogP contribution is -2.50. The second kappa shape index (κ2) is 11.8. The average molecular weight is 468 g/mol. The molecule has 0 saturated carbocycles. The number of thioether (sulfide) groups is 2. The molecule has 172 valence electrons. The Morgan fingerprint density at radius 1 is 1.16 bits per heavy atom. The van der Waals surface area contributed by atoms with Gasteiger partial charge in [0.05, 0.1) is 12.1 Å². The van der Waals surface area contributed by atoms with Crippen LogP contribution >= 0.6 is 23.5 Å². The molecule has 1 heterocycles. The molecule has 0 bridgehead atoms. The zero-order valence-corrected chi connectivity index (χ0v) is 20.5. The number of nitrogens with one attached hydrogen (secondary N) is 1. The number of carbonyl (C=O) groups excluding carboxylic acids is 2. The number of rotatable bonds is 7. The van der Waals surface area contributed by atoms with E-state index in [1.165, 1.54) is 6.92 Å². The Hall–Kier alpha value is -1.64. The number of carbonyl (C=O) groups is 2. The maximum absolute atomic E-state index is 13.0. The number of hydrogen-bond donors (Lipinski definition) is 2. The molecule has 1 aromatic carbocycles. The van der Waals surface area contributed by atoms with Crippen LogP contribution in [-0.4, -0.2) is 46.4 Å². The third-order valence-corrected chi connectivity index (χ3v) is 7.45. The average Bonchev–Trinajstić information content (AvgIpc) is 2.71. The van der Waals surface area contributed by atoms with Gasteiger partial charge in [-0.2, -0.15) is 0 Å². The van der Waals surface area contributed by atoms with Crippen LogP contribution in [0.4, 0.5) is 4.79 Å². The van der Waals surface area contributed by atoms with E-state index in [1.807, 2.05) is 37.3 Å². The molecule has 1 aliphatic rings. The number of ether oxygens (including phenoxy) is 2. The van der Waals surface area contributed by atoms with Crippen molar-refractivity contribution in [1.29, 1.82) is 0 Å². The van der Waals surface area contributed by atoms with Crippen LogP contribution in [0.5, 0.6) is 0 Å². The fourth-order valence-electron chi connectivity index (χ4n) is 3.13. The van der Waals surface area contributed by atoms with Crippen LogP contribution in [0.1, 0.15) is 46.6 Å². The van der Waals surface area contributed by atoms with Crippen molar-refractivity contribution in [3.63, 3.8) is 0 Å². The Bertz CT molecular complexity index is 766. The third kappa shape index (κ3) is 8.43. The molecule has 0 radical (unpaired) electrons. The summed E-state index contributed by atoms with van der Waals surface area (Å²) in [6.07, 6.45) is -0.563. The minimum Gasteiger partial charge on any atom is -0.460 e. The largest absolute Gasteiger partial charge is 0.460 e. The predicted molar refractivity (Wildman–Crippen MR) is 127 cm³/mol. The monoisotopic (exact) mass is 467 g/mol. The summed E-state index contributed by atoms with van der Waals surface area (Å²) in [6.45, 7) is 8.88. The summed E-state index contributed by atoms with van der Waals surface area (Å²) in [5, 5.41) is 13.3. The van der Waals surface area contributed by atoms with Gasteiger partial charge in [0.15, 0.2) is 0 Å². The third-order valence-electron chi connectivity index (χ3n) is 4.59. The SMILES string of the molecule is CC(=C1SCCCS1)C(NC(=O)OCc1ccccc1)[C@@H](C(=O)OC(C)(C)C)[C@@H](C)O.